The fourth-order valence-corrected chi connectivity index (χ4v) is 2.12. The summed E-state index contributed by atoms with van der Waals surface area (Å²) in [4.78, 5) is 23.5. The summed E-state index contributed by atoms with van der Waals surface area (Å²) in [5.41, 5.74) is 1.52. The van der Waals surface area contributed by atoms with E-state index in [0.717, 1.165) is 11.3 Å². The molecular weight excluding hydrogens is 306 g/mol. The summed E-state index contributed by atoms with van der Waals surface area (Å²) in [5.74, 6) is 0.998. The van der Waals surface area contributed by atoms with Crippen LogP contribution >= 0.6 is 0 Å². The van der Waals surface area contributed by atoms with E-state index in [1.54, 1.807) is 38.3 Å². The molecule has 0 bridgehead atoms. The second-order valence-electron chi connectivity index (χ2n) is 5.41. The molecule has 2 aromatic rings. The van der Waals surface area contributed by atoms with Crippen molar-refractivity contribution >= 4 is 11.7 Å². The number of Topliss-reactive ketones (excluding diaryl/α,β-unsaturated/α-hetero) is 1. The minimum absolute atomic E-state index is 0.0444. The minimum atomic E-state index is -0.662. The molecule has 2 aromatic carbocycles. The first-order valence-electron chi connectivity index (χ1n) is 7.68. The molecule has 0 aliphatic rings. The molecule has 0 aliphatic heterocycles. The summed E-state index contributed by atoms with van der Waals surface area (Å²) >= 11 is 0. The molecule has 1 amide bonds. The number of methoxy groups -OCH3 is 1. The molecule has 0 radical (unpaired) electrons. The van der Waals surface area contributed by atoms with E-state index in [9.17, 15) is 9.59 Å². The fourth-order valence-electron chi connectivity index (χ4n) is 2.12. The molecule has 126 valence electrons. The Morgan fingerprint density at radius 1 is 1.08 bits per heavy atom. The maximum absolute atomic E-state index is 12.1. The number of benzene rings is 2. The van der Waals surface area contributed by atoms with E-state index in [1.807, 2.05) is 24.3 Å². The van der Waals surface area contributed by atoms with Gasteiger partial charge in [0.05, 0.1) is 7.11 Å². The van der Waals surface area contributed by atoms with Gasteiger partial charge in [-0.3, -0.25) is 9.59 Å². The maximum atomic E-state index is 12.1. The van der Waals surface area contributed by atoms with Crippen molar-refractivity contribution in [2.45, 2.75) is 26.5 Å². The molecule has 1 atom stereocenters. The molecule has 5 heteroatoms. The first kappa shape index (κ1) is 17.5. The van der Waals surface area contributed by atoms with Crippen LogP contribution < -0.4 is 14.8 Å². The largest absolute Gasteiger partial charge is 0.497 e. The molecule has 0 aliphatic carbocycles. The zero-order chi connectivity index (χ0) is 17.5. The third kappa shape index (κ3) is 4.84. The molecule has 5 nitrogen and oxygen atoms in total. The van der Waals surface area contributed by atoms with E-state index in [-0.39, 0.29) is 11.7 Å². The Hall–Kier alpha value is -2.82. The SMILES string of the molecule is COc1ccc(CNC(=O)[C@H](C)Oc2cccc(C(C)=O)c2)cc1. The van der Waals surface area contributed by atoms with Crippen LogP contribution in [0.25, 0.3) is 0 Å². The lowest BCUT2D eigenvalue weighted by molar-refractivity contribution is -0.127. The summed E-state index contributed by atoms with van der Waals surface area (Å²) in [6.07, 6.45) is -0.662. The molecule has 0 spiro atoms. The van der Waals surface area contributed by atoms with Gasteiger partial charge in [0.15, 0.2) is 11.9 Å². The van der Waals surface area contributed by atoms with E-state index < -0.39 is 6.10 Å². The van der Waals surface area contributed by atoms with Gasteiger partial charge < -0.3 is 14.8 Å². The number of ketones is 1. The lowest BCUT2D eigenvalue weighted by Gasteiger charge is -2.15. The van der Waals surface area contributed by atoms with Crippen molar-refractivity contribution in [3.05, 3.63) is 59.7 Å². The summed E-state index contributed by atoms with van der Waals surface area (Å²) in [7, 11) is 1.61. The number of carbonyl (C=O) groups excluding carboxylic acids is 2. The van der Waals surface area contributed by atoms with Crippen molar-refractivity contribution in [1.82, 2.24) is 5.32 Å². The van der Waals surface area contributed by atoms with Crippen molar-refractivity contribution in [2.75, 3.05) is 7.11 Å². The van der Waals surface area contributed by atoms with Gasteiger partial charge in [0.25, 0.3) is 5.91 Å². The highest BCUT2D eigenvalue weighted by Crippen LogP contribution is 2.16. The predicted molar refractivity (Wildman–Crippen MR) is 91.4 cm³/mol. The van der Waals surface area contributed by atoms with Gasteiger partial charge in [-0.1, -0.05) is 24.3 Å². The van der Waals surface area contributed by atoms with Crippen molar-refractivity contribution in [3.63, 3.8) is 0 Å². The molecule has 2 rings (SSSR count). The molecule has 0 saturated heterocycles. The third-order valence-electron chi connectivity index (χ3n) is 3.55. The molecule has 24 heavy (non-hydrogen) atoms. The highest BCUT2D eigenvalue weighted by molar-refractivity contribution is 5.94. The molecule has 0 saturated carbocycles. The number of carbonyl (C=O) groups is 2. The molecule has 0 aromatic heterocycles. The standard InChI is InChI=1S/C19H21NO4/c1-13(21)16-5-4-6-18(11-16)24-14(2)19(22)20-12-15-7-9-17(23-3)10-8-15/h4-11,14H,12H2,1-3H3,(H,20,22)/t14-/m0/s1. The quantitative estimate of drug-likeness (QED) is 0.794. The van der Waals surface area contributed by atoms with Crippen LogP contribution in [0.1, 0.15) is 29.8 Å². The van der Waals surface area contributed by atoms with Crippen LogP contribution in [0.15, 0.2) is 48.5 Å². The van der Waals surface area contributed by atoms with Crippen molar-refractivity contribution in [2.24, 2.45) is 0 Å². The molecule has 0 fully saturated rings. The first-order valence-corrected chi connectivity index (χ1v) is 7.68. The van der Waals surface area contributed by atoms with Crippen LogP contribution in [0.5, 0.6) is 11.5 Å². The van der Waals surface area contributed by atoms with E-state index in [2.05, 4.69) is 5.32 Å². The number of rotatable bonds is 7. The summed E-state index contributed by atoms with van der Waals surface area (Å²) in [6.45, 7) is 3.57. The summed E-state index contributed by atoms with van der Waals surface area (Å²) in [6, 6.07) is 14.3. The van der Waals surface area contributed by atoms with Gasteiger partial charge in [-0.25, -0.2) is 0 Å². The highest BCUT2D eigenvalue weighted by Gasteiger charge is 2.14. The number of hydrogen-bond acceptors (Lipinski definition) is 4. The van der Waals surface area contributed by atoms with Crippen LogP contribution in [0.2, 0.25) is 0 Å². The van der Waals surface area contributed by atoms with Crippen molar-refractivity contribution < 1.29 is 19.1 Å². The van der Waals surface area contributed by atoms with Gasteiger partial charge in [-0.15, -0.1) is 0 Å². The average Bonchev–Trinajstić information content (AvgIpc) is 2.60. The third-order valence-corrected chi connectivity index (χ3v) is 3.55. The van der Waals surface area contributed by atoms with Crippen LogP contribution in [0.4, 0.5) is 0 Å². The second-order valence-corrected chi connectivity index (χ2v) is 5.41. The number of hydrogen-bond donors (Lipinski definition) is 1. The van der Waals surface area contributed by atoms with Crippen molar-refractivity contribution in [1.29, 1.82) is 0 Å². The fraction of sp³-hybridized carbons (Fsp3) is 0.263. The lowest BCUT2D eigenvalue weighted by Crippen LogP contribution is -2.35. The van der Waals surface area contributed by atoms with Crippen LogP contribution in [0.3, 0.4) is 0 Å². The van der Waals surface area contributed by atoms with E-state index >= 15 is 0 Å². The van der Waals surface area contributed by atoms with Gasteiger partial charge in [0, 0.05) is 12.1 Å². The Morgan fingerprint density at radius 3 is 2.42 bits per heavy atom. The molecule has 0 unspecified atom stereocenters. The van der Waals surface area contributed by atoms with Gasteiger partial charge in [0.1, 0.15) is 11.5 Å². The van der Waals surface area contributed by atoms with Gasteiger partial charge >= 0.3 is 0 Å². The smallest absolute Gasteiger partial charge is 0.261 e. The Balaban J connectivity index is 1.89. The number of ether oxygens (including phenoxy) is 2. The maximum Gasteiger partial charge on any atom is 0.261 e. The topological polar surface area (TPSA) is 64.6 Å². The zero-order valence-corrected chi connectivity index (χ0v) is 14.0. The monoisotopic (exact) mass is 327 g/mol. The molecule has 0 heterocycles. The average molecular weight is 327 g/mol. The molecule has 1 N–H and O–H groups in total. The van der Waals surface area contributed by atoms with Gasteiger partial charge in [-0.2, -0.15) is 0 Å². The summed E-state index contributed by atoms with van der Waals surface area (Å²) < 4.78 is 10.7. The predicted octanol–water partition coefficient (Wildman–Crippen LogP) is 2.98. The van der Waals surface area contributed by atoms with E-state index in [1.165, 1.54) is 6.92 Å². The van der Waals surface area contributed by atoms with Gasteiger partial charge in [0.2, 0.25) is 0 Å². The Kier molecular flexibility index (Phi) is 5.95. The number of amides is 1. The molecular formula is C19H21NO4. The Bertz CT molecular complexity index is 710. The Morgan fingerprint density at radius 2 is 1.79 bits per heavy atom. The van der Waals surface area contributed by atoms with Gasteiger partial charge in [-0.05, 0) is 43.7 Å². The minimum Gasteiger partial charge on any atom is -0.497 e. The normalized spacial score (nSPS) is 11.5. The van der Waals surface area contributed by atoms with E-state index in [0.29, 0.717) is 17.9 Å². The van der Waals surface area contributed by atoms with E-state index in [4.69, 9.17) is 9.47 Å². The summed E-state index contributed by atoms with van der Waals surface area (Å²) in [5, 5.41) is 2.82. The first-order chi connectivity index (χ1) is 11.5. The highest BCUT2D eigenvalue weighted by atomic mass is 16.5. The van der Waals surface area contributed by atoms with Crippen LogP contribution in [0, 0.1) is 0 Å². The second kappa shape index (κ2) is 8.15. The van der Waals surface area contributed by atoms with Crippen molar-refractivity contribution in [3.8, 4) is 11.5 Å². The van der Waals surface area contributed by atoms with Crippen LogP contribution in [-0.4, -0.2) is 24.9 Å². The van der Waals surface area contributed by atoms with Crippen LogP contribution in [-0.2, 0) is 11.3 Å². The lowest BCUT2D eigenvalue weighted by atomic mass is 10.1. The zero-order valence-electron chi connectivity index (χ0n) is 14.0. The number of nitrogens with one attached hydrogen (secondary N) is 1. The Labute approximate surface area is 141 Å².